The highest BCUT2D eigenvalue weighted by Gasteiger charge is 2.40. The van der Waals surface area contributed by atoms with Crippen molar-refractivity contribution in [3.63, 3.8) is 0 Å². The van der Waals surface area contributed by atoms with Crippen molar-refractivity contribution in [3.05, 3.63) is 0 Å². The smallest absolute Gasteiger partial charge is 0.338 e. The molecule has 0 aromatic carbocycles. The second kappa shape index (κ2) is 7.07. The highest BCUT2D eigenvalue weighted by molar-refractivity contribution is 5.84. The predicted octanol–water partition coefficient (Wildman–Crippen LogP) is 1.63. The first kappa shape index (κ1) is 15.3. The topological polar surface area (TPSA) is 66.8 Å². The Hall–Kier alpha value is -1.10. The van der Waals surface area contributed by atoms with Crippen LogP contribution in [-0.4, -0.2) is 47.2 Å². The maximum Gasteiger partial charge on any atom is 0.338 e. The minimum Gasteiger partial charge on any atom is -0.453 e. The number of carbonyl (C=O) groups excluding carboxylic acids is 2. The van der Waals surface area contributed by atoms with Crippen molar-refractivity contribution in [1.82, 2.24) is 4.90 Å². The van der Waals surface area contributed by atoms with Crippen molar-refractivity contribution in [2.75, 3.05) is 19.7 Å². The van der Waals surface area contributed by atoms with Gasteiger partial charge in [-0.15, -0.1) is 0 Å². The number of likely N-dealkylation sites (tertiary alicyclic amines) is 1. The number of carbonyl (C=O) groups is 2. The van der Waals surface area contributed by atoms with Crippen molar-refractivity contribution >= 4 is 11.9 Å². The Balaban J connectivity index is 1.77. The Morgan fingerprint density at radius 3 is 2.10 bits per heavy atom. The van der Waals surface area contributed by atoms with Gasteiger partial charge in [-0.05, 0) is 38.5 Å². The van der Waals surface area contributed by atoms with Crippen LogP contribution in [0, 0.1) is 0 Å². The zero-order valence-corrected chi connectivity index (χ0v) is 12.1. The molecule has 1 aliphatic carbocycles. The molecule has 0 spiro atoms. The normalized spacial score (nSPS) is 22.9. The van der Waals surface area contributed by atoms with E-state index in [1.165, 1.54) is 6.42 Å². The summed E-state index contributed by atoms with van der Waals surface area (Å²) in [5, 5.41) is 10.1. The molecule has 1 N–H and O–H groups in total. The summed E-state index contributed by atoms with van der Waals surface area (Å²) in [6, 6.07) is 0. The van der Waals surface area contributed by atoms with E-state index < -0.39 is 11.6 Å². The van der Waals surface area contributed by atoms with Crippen LogP contribution >= 0.6 is 0 Å². The molecule has 20 heavy (non-hydrogen) atoms. The van der Waals surface area contributed by atoms with Crippen LogP contribution in [0.25, 0.3) is 0 Å². The minimum absolute atomic E-state index is 0.137. The molecule has 1 amide bonds. The lowest BCUT2D eigenvalue weighted by Gasteiger charge is -2.25. The molecule has 114 valence electrons. The number of hydrogen-bond acceptors (Lipinski definition) is 4. The highest BCUT2D eigenvalue weighted by atomic mass is 16.6. The maximum absolute atomic E-state index is 12.1. The molecule has 1 heterocycles. The number of rotatable bonds is 3. The van der Waals surface area contributed by atoms with Crippen LogP contribution in [0.15, 0.2) is 0 Å². The first-order chi connectivity index (χ1) is 9.62. The Bertz CT molecular complexity index is 342. The Kier molecular flexibility index (Phi) is 5.40. The summed E-state index contributed by atoms with van der Waals surface area (Å²) >= 11 is 0. The van der Waals surface area contributed by atoms with E-state index in [0.29, 0.717) is 12.8 Å². The number of amides is 1. The average Bonchev–Trinajstić information content (AvgIpc) is 2.83. The summed E-state index contributed by atoms with van der Waals surface area (Å²) in [7, 11) is 0. The van der Waals surface area contributed by atoms with Crippen molar-refractivity contribution in [3.8, 4) is 0 Å². The van der Waals surface area contributed by atoms with Crippen LogP contribution in [0.4, 0.5) is 0 Å². The van der Waals surface area contributed by atoms with E-state index in [-0.39, 0.29) is 12.5 Å². The fraction of sp³-hybridized carbons (Fsp3) is 0.867. The predicted molar refractivity (Wildman–Crippen MR) is 74.0 cm³/mol. The number of aliphatic hydroxyl groups is 1. The van der Waals surface area contributed by atoms with Gasteiger partial charge in [0.25, 0.3) is 5.91 Å². The van der Waals surface area contributed by atoms with Gasteiger partial charge in [-0.25, -0.2) is 4.79 Å². The van der Waals surface area contributed by atoms with Gasteiger partial charge in [0.05, 0.1) is 0 Å². The summed E-state index contributed by atoms with van der Waals surface area (Å²) in [6.07, 6.45) is 8.16. The molecule has 2 rings (SSSR count). The first-order valence-corrected chi connectivity index (χ1v) is 7.79. The zero-order chi connectivity index (χ0) is 14.4. The minimum atomic E-state index is -1.35. The van der Waals surface area contributed by atoms with E-state index in [1.54, 1.807) is 4.90 Å². The molecule has 1 aliphatic heterocycles. The van der Waals surface area contributed by atoms with Gasteiger partial charge in [-0.1, -0.05) is 19.3 Å². The Labute approximate surface area is 120 Å². The van der Waals surface area contributed by atoms with Gasteiger partial charge >= 0.3 is 5.97 Å². The SMILES string of the molecule is O=C(COC(=O)C1(O)CCCC1)N1CCCCCCC1. The second-order valence-electron chi connectivity index (χ2n) is 5.96. The Morgan fingerprint density at radius 2 is 1.50 bits per heavy atom. The molecule has 0 aromatic heterocycles. The van der Waals surface area contributed by atoms with E-state index in [1.807, 2.05) is 0 Å². The van der Waals surface area contributed by atoms with E-state index >= 15 is 0 Å². The molecule has 0 bridgehead atoms. The molecular formula is C15H25NO4. The van der Waals surface area contributed by atoms with Crippen molar-refractivity contribution < 1.29 is 19.4 Å². The third-order valence-electron chi connectivity index (χ3n) is 4.35. The summed E-state index contributed by atoms with van der Waals surface area (Å²) in [5.74, 6) is -0.766. The molecule has 0 radical (unpaired) electrons. The van der Waals surface area contributed by atoms with Crippen LogP contribution in [0.3, 0.4) is 0 Å². The summed E-state index contributed by atoms with van der Waals surface area (Å²) < 4.78 is 5.04. The fourth-order valence-corrected chi connectivity index (χ4v) is 3.01. The van der Waals surface area contributed by atoms with E-state index in [0.717, 1.165) is 51.6 Å². The quantitative estimate of drug-likeness (QED) is 0.799. The molecule has 2 aliphatic rings. The maximum atomic E-state index is 12.1. The van der Waals surface area contributed by atoms with Gasteiger partial charge in [0.1, 0.15) is 0 Å². The summed E-state index contributed by atoms with van der Waals surface area (Å²) in [4.78, 5) is 25.7. The lowest BCUT2D eigenvalue weighted by Crippen LogP contribution is -2.41. The van der Waals surface area contributed by atoms with E-state index in [4.69, 9.17) is 4.74 Å². The van der Waals surface area contributed by atoms with E-state index in [9.17, 15) is 14.7 Å². The third kappa shape index (κ3) is 3.95. The Morgan fingerprint density at radius 1 is 0.950 bits per heavy atom. The zero-order valence-electron chi connectivity index (χ0n) is 12.1. The van der Waals surface area contributed by atoms with Crippen LogP contribution in [-0.2, 0) is 14.3 Å². The van der Waals surface area contributed by atoms with Gasteiger partial charge in [-0.2, -0.15) is 0 Å². The van der Waals surface area contributed by atoms with Gasteiger partial charge in [0.2, 0.25) is 0 Å². The molecule has 1 saturated carbocycles. The second-order valence-corrected chi connectivity index (χ2v) is 5.96. The summed E-state index contributed by atoms with van der Waals surface area (Å²) in [6.45, 7) is 1.27. The van der Waals surface area contributed by atoms with Gasteiger partial charge < -0.3 is 14.7 Å². The monoisotopic (exact) mass is 283 g/mol. The average molecular weight is 283 g/mol. The third-order valence-corrected chi connectivity index (χ3v) is 4.35. The van der Waals surface area contributed by atoms with Crippen molar-refractivity contribution in [2.24, 2.45) is 0 Å². The number of ether oxygens (including phenoxy) is 1. The fourth-order valence-electron chi connectivity index (χ4n) is 3.01. The largest absolute Gasteiger partial charge is 0.453 e. The lowest BCUT2D eigenvalue weighted by atomic mass is 10.0. The lowest BCUT2D eigenvalue weighted by molar-refractivity contribution is -0.168. The number of nitrogens with zero attached hydrogens (tertiary/aromatic N) is 1. The molecule has 5 heteroatoms. The van der Waals surface area contributed by atoms with Gasteiger partial charge in [-0.3, -0.25) is 4.79 Å². The van der Waals surface area contributed by atoms with Gasteiger partial charge in [0, 0.05) is 13.1 Å². The highest BCUT2D eigenvalue weighted by Crippen LogP contribution is 2.30. The van der Waals surface area contributed by atoms with Crippen LogP contribution in [0.2, 0.25) is 0 Å². The molecule has 0 atom stereocenters. The molecular weight excluding hydrogens is 258 g/mol. The number of hydrogen-bond donors (Lipinski definition) is 1. The van der Waals surface area contributed by atoms with Crippen LogP contribution in [0.5, 0.6) is 0 Å². The van der Waals surface area contributed by atoms with Gasteiger partial charge in [0.15, 0.2) is 12.2 Å². The number of esters is 1. The van der Waals surface area contributed by atoms with Crippen LogP contribution in [0.1, 0.15) is 57.8 Å². The molecule has 1 saturated heterocycles. The molecule has 0 unspecified atom stereocenters. The standard InChI is InChI=1S/C15H25NO4/c17-13(16-10-6-2-1-3-7-11-16)12-20-14(18)15(19)8-4-5-9-15/h19H,1-12H2. The molecule has 0 aromatic rings. The van der Waals surface area contributed by atoms with Crippen molar-refractivity contribution in [1.29, 1.82) is 0 Å². The van der Waals surface area contributed by atoms with E-state index in [2.05, 4.69) is 0 Å². The summed E-state index contributed by atoms with van der Waals surface area (Å²) in [5.41, 5.74) is -1.35. The van der Waals surface area contributed by atoms with Crippen molar-refractivity contribution in [2.45, 2.75) is 63.4 Å². The molecule has 2 fully saturated rings. The van der Waals surface area contributed by atoms with Crippen LogP contribution < -0.4 is 0 Å². The molecule has 5 nitrogen and oxygen atoms in total. The first-order valence-electron chi connectivity index (χ1n) is 7.79.